The Bertz CT molecular complexity index is 370. The van der Waals surface area contributed by atoms with Gasteiger partial charge in [0.15, 0.2) is 5.82 Å². The van der Waals surface area contributed by atoms with Gasteiger partial charge in [-0.05, 0) is 26.2 Å². The monoisotopic (exact) mass is 258 g/mol. The van der Waals surface area contributed by atoms with Gasteiger partial charge in [0, 0.05) is 25.2 Å². The molecule has 0 saturated carbocycles. The molecular formula is C11H19ClN4O. The summed E-state index contributed by atoms with van der Waals surface area (Å²) in [5.74, 6) is 1.47. The Balaban J connectivity index is 0.00000108. The van der Waals surface area contributed by atoms with E-state index in [0.29, 0.717) is 6.04 Å². The molecule has 2 atom stereocenters. The van der Waals surface area contributed by atoms with Gasteiger partial charge < -0.3 is 9.84 Å². The van der Waals surface area contributed by atoms with Crippen molar-refractivity contribution in [2.75, 3.05) is 13.1 Å². The van der Waals surface area contributed by atoms with Gasteiger partial charge in [-0.3, -0.25) is 4.90 Å². The van der Waals surface area contributed by atoms with Crippen LogP contribution in [-0.2, 0) is 6.54 Å². The molecular weight excluding hydrogens is 240 g/mol. The minimum Gasteiger partial charge on any atom is -0.338 e. The maximum atomic E-state index is 5.16. The van der Waals surface area contributed by atoms with E-state index in [1.165, 1.54) is 19.3 Å². The lowest BCUT2D eigenvalue weighted by molar-refractivity contribution is 0.216. The molecule has 2 aliphatic heterocycles. The number of halogens is 1. The Morgan fingerprint density at radius 3 is 2.94 bits per heavy atom. The van der Waals surface area contributed by atoms with E-state index in [1.807, 2.05) is 6.92 Å². The van der Waals surface area contributed by atoms with Crippen LogP contribution in [0.5, 0.6) is 0 Å². The molecule has 2 unspecified atom stereocenters. The van der Waals surface area contributed by atoms with Crippen LogP contribution in [0.15, 0.2) is 4.52 Å². The molecule has 1 aromatic heterocycles. The van der Waals surface area contributed by atoms with Gasteiger partial charge in [0.05, 0.1) is 6.54 Å². The van der Waals surface area contributed by atoms with Crippen LogP contribution < -0.4 is 5.32 Å². The lowest BCUT2D eigenvalue weighted by Crippen LogP contribution is -2.35. The fourth-order valence-corrected chi connectivity index (χ4v) is 2.75. The average molecular weight is 259 g/mol. The van der Waals surface area contributed by atoms with Gasteiger partial charge in [0.25, 0.3) is 0 Å². The molecule has 6 heteroatoms. The van der Waals surface area contributed by atoms with E-state index in [-0.39, 0.29) is 12.4 Å². The van der Waals surface area contributed by atoms with Gasteiger partial charge >= 0.3 is 0 Å². The van der Waals surface area contributed by atoms with Crippen molar-refractivity contribution < 1.29 is 4.52 Å². The Hall–Kier alpha value is -0.650. The van der Waals surface area contributed by atoms with Gasteiger partial charge in [-0.1, -0.05) is 5.16 Å². The standard InChI is InChI=1S/C11H18N4O.ClH/c1-8-12-11(16-14-8)7-15-5-4-9-2-3-10(6-15)13-9;/h9-10,13H,2-7H2,1H3;1H. The van der Waals surface area contributed by atoms with E-state index >= 15 is 0 Å². The summed E-state index contributed by atoms with van der Waals surface area (Å²) >= 11 is 0. The largest absolute Gasteiger partial charge is 0.338 e. The lowest BCUT2D eigenvalue weighted by atomic mass is 10.1. The number of nitrogens with one attached hydrogen (secondary N) is 1. The Morgan fingerprint density at radius 1 is 1.35 bits per heavy atom. The van der Waals surface area contributed by atoms with Crippen molar-refractivity contribution in [3.8, 4) is 0 Å². The number of fused-ring (bicyclic) bond motifs is 2. The maximum absolute atomic E-state index is 5.16. The van der Waals surface area contributed by atoms with Crippen molar-refractivity contribution in [3.05, 3.63) is 11.7 Å². The van der Waals surface area contributed by atoms with E-state index in [1.54, 1.807) is 0 Å². The number of aromatic nitrogens is 2. The first-order valence-electron chi connectivity index (χ1n) is 6.07. The minimum atomic E-state index is 0. The molecule has 0 spiro atoms. The molecule has 5 nitrogen and oxygen atoms in total. The second kappa shape index (κ2) is 5.33. The van der Waals surface area contributed by atoms with E-state index < -0.39 is 0 Å². The summed E-state index contributed by atoms with van der Waals surface area (Å²) in [6.07, 6.45) is 3.89. The zero-order valence-corrected chi connectivity index (χ0v) is 10.9. The first kappa shape index (κ1) is 12.8. The van der Waals surface area contributed by atoms with Gasteiger partial charge in [-0.2, -0.15) is 4.98 Å². The predicted molar refractivity (Wildman–Crippen MR) is 66.1 cm³/mol. The van der Waals surface area contributed by atoms with E-state index in [9.17, 15) is 0 Å². The first-order valence-corrected chi connectivity index (χ1v) is 6.07. The Kier molecular flexibility index (Phi) is 4.01. The molecule has 0 aromatic carbocycles. The second-order valence-electron chi connectivity index (χ2n) is 4.90. The number of hydrogen-bond acceptors (Lipinski definition) is 5. The number of nitrogens with zero attached hydrogens (tertiary/aromatic N) is 3. The first-order chi connectivity index (χ1) is 7.79. The number of aryl methyl sites for hydroxylation is 1. The van der Waals surface area contributed by atoms with Crippen LogP contribution in [-0.4, -0.2) is 40.2 Å². The number of hydrogen-bond donors (Lipinski definition) is 1. The minimum absolute atomic E-state index is 0. The van der Waals surface area contributed by atoms with Crippen LogP contribution in [0.25, 0.3) is 0 Å². The summed E-state index contributed by atoms with van der Waals surface area (Å²) in [6.45, 7) is 4.90. The zero-order valence-electron chi connectivity index (χ0n) is 10.1. The number of rotatable bonds is 2. The topological polar surface area (TPSA) is 54.2 Å². The SMILES string of the molecule is Cc1noc(CN2CCC3CCC(C2)N3)n1.Cl. The molecule has 3 heterocycles. The molecule has 0 radical (unpaired) electrons. The van der Waals surface area contributed by atoms with Crippen LogP contribution in [0, 0.1) is 6.92 Å². The van der Waals surface area contributed by atoms with Gasteiger partial charge in [-0.25, -0.2) is 0 Å². The highest BCUT2D eigenvalue weighted by Gasteiger charge is 2.29. The summed E-state index contributed by atoms with van der Waals surface area (Å²) in [5.41, 5.74) is 0. The molecule has 2 bridgehead atoms. The van der Waals surface area contributed by atoms with E-state index in [4.69, 9.17) is 4.52 Å². The summed E-state index contributed by atoms with van der Waals surface area (Å²) in [5, 5.41) is 7.49. The van der Waals surface area contributed by atoms with Crippen LogP contribution >= 0.6 is 12.4 Å². The zero-order chi connectivity index (χ0) is 11.0. The fraction of sp³-hybridized carbons (Fsp3) is 0.818. The summed E-state index contributed by atoms with van der Waals surface area (Å²) in [6, 6.07) is 1.40. The average Bonchev–Trinajstić information content (AvgIpc) is 2.77. The van der Waals surface area contributed by atoms with E-state index in [2.05, 4.69) is 20.4 Å². The third kappa shape index (κ3) is 2.97. The van der Waals surface area contributed by atoms with Crippen molar-refractivity contribution in [1.29, 1.82) is 0 Å². The second-order valence-corrected chi connectivity index (χ2v) is 4.90. The van der Waals surface area contributed by atoms with Crippen molar-refractivity contribution in [3.63, 3.8) is 0 Å². The highest BCUT2D eigenvalue weighted by molar-refractivity contribution is 5.85. The van der Waals surface area contributed by atoms with Gasteiger partial charge in [-0.15, -0.1) is 12.4 Å². The molecule has 1 aromatic rings. The summed E-state index contributed by atoms with van der Waals surface area (Å²) < 4.78 is 5.16. The normalized spacial score (nSPS) is 28.8. The highest BCUT2D eigenvalue weighted by Crippen LogP contribution is 2.21. The van der Waals surface area contributed by atoms with Crippen LogP contribution in [0.2, 0.25) is 0 Å². The van der Waals surface area contributed by atoms with E-state index in [0.717, 1.165) is 37.4 Å². The fourth-order valence-electron chi connectivity index (χ4n) is 2.75. The highest BCUT2D eigenvalue weighted by atomic mass is 35.5. The van der Waals surface area contributed by atoms with Crippen molar-refractivity contribution in [2.45, 2.75) is 44.8 Å². The molecule has 0 amide bonds. The van der Waals surface area contributed by atoms with Crippen LogP contribution in [0.3, 0.4) is 0 Å². The molecule has 2 saturated heterocycles. The third-order valence-corrected chi connectivity index (χ3v) is 3.54. The third-order valence-electron chi connectivity index (χ3n) is 3.54. The maximum Gasteiger partial charge on any atom is 0.240 e. The molecule has 3 rings (SSSR count). The Morgan fingerprint density at radius 2 is 2.18 bits per heavy atom. The smallest absolute Gasteiger partial charge is 0.240 e. The molecule has 17 heavy (non-hydrogen) atoms. The van der Waals surface area contributed by atoms with Crippen LogP contribution in [0.1, 0.15) is 31.0 Å². The number of likely N-dealkylation sites (tertiary alicyclic amines) is 1. The summed E-state index contributed by atoms with van der Waals surface area (Å²) in [4.78, 5) is 6.68. The lowest BCUT2D eigenvalue weighted by Gasteiger charge is -2.21. The van der Waals surface area contributed by atoms with Gasteiger partial charge in [0.2, 0.25) is 5.89 Å². The van der Waals surface area contributed by atoms with Crippen LogP contribution in [0.4, 0.5) is 0 Å². The summed E-state index contributed by atoms with van der Waals surface area (Å²) in [7, 11) is 0. The van der Waals surface area contributed by atoms with Crippen molar-refractivity contribution in [2.24, 2.45) is 0 Å². The molecule has 1 N–H and O–H groups in total. The molecule has 0 aliphatic carbocycles. The van der Waals surface area contributed by atoms with Gasteiger partial charge in [0.1, 0.15) is 0 Å². The molecule has 96 valence electrons. The van der Waals surface area contributed by atoms with Crippen molar-refractivity contribution >= 4 is 12.4 Å². The van der Waals surface area contributed by atoms with Crippen molar-refractivity contribution in [1.82, 2.24) is 20.4 Å². The molecule has 2 aliphatic rings. The quantitative estimate of drug-likeness (QED) is 0.862. The predicted octanol–water partition coefficient (Wildman–Crippen LogP) is 1.13. The Labute approximate surface area is 107 Å². The molecule has 2 fully saturated rings.